The van der Waals surface area contributed by atoms with Crippen LogP contribution in [0.25, 0.3) is 0 Å². The summed E-state index contributed by atoms with van der Waals surface area (Å²) >= 11 is 0. The fourth-order valence-electron chi connectivity index (χ4n) is 4.12. The fourth-order valence-corrected chi connectivity index (χ4v) is 4.12. The zero-order valence-corrected chi connectivity index (χ0v) is 14.6. The van der Waals surface area contributed by atoms with Crippen LogP contribution in [0.3, 0.4) is 0 Å². The van der Waals surface area contributed by atoms with Gasteiger partial charge in [-0.25, -0.2) is 4.79 Å². The van der Waals surface area contributed by atoms with E-state index in [2.05, 4.69) is 0 Å². The molecule has 3 rings (SSSR count). The van der Waals surface area contributed by atoms with E-state index in [0.717, 1.165) is 5.56 Å². The first kappa shape index (κ1) is 12.4. The van der Waals surface area contributed by atoms with E-state index in [-0.39, 0.29) is 24.0 Å². The first-order valence-electron chi connectivity index (χ1n) is 11.2. The monoisotopic (exact) mass is 349 g/mol. The van der Waals surface area contributed by atoms with Crippen molar-refractivity contribution in [2.45, 2.75) is 70.7 Å². The number of fused-ring (bicyclic) bond motifs is 3. The summed E-state index contributed by atoms with van der Waals surface area (Å²) < 4.78 is 43.6. The highest BCUT2D eigenvalue weighted by atomic mass is 16.5. The van der Waals surface area contributed by atoms with Crippen LogP contribution in [0.15, 0.2) is 23.8 Å². The molecule has 4 nitrogen and oxygen atoms in total. The summed E-state index contributed by atoms with van der Waals surface area (Å²) in [5.41, 5.74) is 1.11. The Bertz CT molecular complexity index is 873. The molecule has 0 aromatic heterocycles. The van der Waals surface area contributed by atoms with Crippen LogP contribution in [0.4, 0.5) is 0 Å². The van der Waals surface area contributed by atoms with Crippen molar-refractivity contribution in [1.82, 2.24) is 0 Å². The summed E-state index contributed by atoms with van der Waals surface area (Å²) in [4.78, 5) is 11.5. The molecule has 2 N–H and O–H groups in total. The first-order valence-corrected chi connectivity index (χ1v) is 8.72. The number of phenolic OH excluding ortho intramolecular Hbond substituents is 1. The van der Waals surface area contributed by atoms with Crippen LogP contribution in [0.1, 0.15) is 76.7 Å². The van der Waals surface area contributed by atoms with E-state index in [0.29, 0.717) is 42.6 Å². The quantitative estimate of drug-likeness (QED) is 0.801. The highest BCUT2D eigenvalue weighted by molar-refractivity contribution is 5.87. The van der Waals surface area contributed by atoms with Crippen molar-refractivity contribution in [3.8, 4) is 11.5 Å². The molecule has 0 saturated heterocycles. The van der Waals surface area contributed by atoms with E-state index < -0.39 is 24.8 Å². The molecule has 136 valence electrons. The number of aryl methyl sites for hydroxylation is 1. The van der Waals surface area contributed by atoms with E-state index in [1.807, 2.05) is 13.8 Å². The zero-order chi connectivity index (χ0) is 22.5. The fraction of sp³-hybridized carbons (Fsp3) is 0.571. The van der Waals surface area contributed by atoms with Gasteiger partial charge < -0.3 is 14.9 Å². The molecule has 0 bridgehead atoms. The molecule has 1 aliphatic heterocycles. The molecule has 1 aromatic rings. The van der Waals surface area contributed by atoms with Gasteiger partial charge in [-0.15, -0.1) is 0 Å². The number of allylic oxidation sites excluding steroid dienone is 1. The molecule has 4 heteroatoms. The second kappa shape index (κ2) is 6.74. The SMILES string of the molecule is [2H]C([2H])([2H])C([2H])([2H])CCCc1cc(O)c2c(c1)OC(C)(C)[C@@H]1CCC(C(=O)O)=C[C@@H]21. The van der Waals surface area contributed by atoms with Gasteiger partial charge in [0.05, 0.1) is 0 Å². The second-order valence-electron chi connectivity index (χ2n) is 7.43. The number of carbonyl (C=O) groups is 1. The van der Waals surface area contributed by atoms with Gasteiger partial charge in [0.1, 0.15) is 17.1 Å². The first-order chi connectivity index (χ1) is 13.7. The third kappa shape index (κ3) is 3.39. The van der Waals surface area contributed by atoms with Gasteiger partial charge in [-0.05, 0) is 57.2 Å². The number of aromatic hydroxyl groups is 1. The zero-order valence-electron chi connectivity index (χ0n) is 19.6. The molecule has 0 fully saturated rings. The van der Waals surface area contributed by atoms with Crippen molar-refractivity contribution >= 4 is 5.97 Å². The summed E-state index contributed by atoms with van der Waals surface area (Å²) in [6.45, 7) is 1.24. The maximum Gasteiger partial charge on any atom is 0.331 e. The summed E-state index contributed by atoms with van der Waals surface area (Å²) in [5.74, 6) is -0.648. The summed E-state index contributed by atoms with van der Waals surface area (Å²) in [6.07, 6.45) is 1.15. The van der Waals surface area contributed by atoms with Crippen molar-refractivity contribution < 1.29 is 26.6 Å². The van der Waals surface area contributed by atoms with Crippen molar-refractivity contribution in [3.05, 3.63) is 34.9 Å². The molecule has 1 aliphatic carbocycles. The van der Waals surface area contributed by atoms with Gasteiger partial charge in [-0.2, -0.15) is 0 Å². The third-order valence-corrected chi connectivity index (χ3v) is 5.36. The molecule has 1 heterocycles. The Morgan fingerprint density at radius 1 is 1.44 bits per heavy atom. The van der Waals surface area contributed by atoms with Gasteiger partial charge in [-0.3, -0.25) is 0 Å². The van der Waals surface area contributed by atoms with E-state index in [1.165, 1.54) is 0 Å². The lowest BCUT2D eigenvalue weighted by Crippen LogP contribution is -2.45. The average Bonchev–Trinajstić information content (AvgIpc) is 2.59. The number of ether oxygens (including phenoxy) is 1. The van der Waals surface area contributed by atoms with E-state index in [9.17, 15) is 15.0 Å². The lowest BCUT2D eigenvalue weighted by molar-refractivity contribution is -0.133. The molecule has 25 heavy (non-hydrogen) atoms. The van der Waals surface area contributed by atoms with Crippen molar-refractivity contribution in [2.75, 3.05) is 0 Å². The van der Waals surface area contributed by atoms with Crippen LogP contribution in [0, 0.1) is 5.92 Å². The Kier molecular flexibility index (Phi) is 3.34. The molecule has 2 atom stereocenters. The Morgan fingerprint density at radius 2 is 2.24 bits per heavy atom. The lowest BCUT2D eigenvalue weighted by atomic mass is 9.67. The molecule has 2 aliphatic rings. The van der Waals surface area contributed by atoms with Gasteiger partial charge in [0.2, 0.25) is 0 Å². The number of hydrogen-bond donors (Lipinski definition) is 2. The van der Waals surface area contributed by atoms with Gasteiger partial charge in [0.15, 0.2) is 0 Å². The lowest BCUT2D eigenvalue weighted by Gasteiger charge is -2.46. The van der Waals surface area contributed by atoms with Gasteiger partial charge in [-0.1, -0.05) is 25.7 Å². The average molecular weight is 349 g/mol. The summed E-state index contributed by atoms with van der Waals surface area (Å²) in [7, 11) is 0. The largest absolute Gasteiger partial charge is 0.507 e. The van der Waals surface area contributed by atoms with E-state index >= 15 is 0 Å². The predicted molar refractivity (Wildman–Crippen MR) is 97.2 cm³/mol. The Balaban J connectivity index is 1.88. The van der Waals surface area contributed by atoms with Crippen LogP contribution in [0.2, 0.25) is 0 Å². The molecular formula is C21H28O4. The Morgan fingerprint density at radius 3 is 2.96 bits per heavy atom. The third-order valence-electron chi connectivity index (χ3n) is 5.36. The van der Waals surface area contributed by atoms with Crippen molar-refractivity contribution in [3.63, 3.8) is 0 Å². The van der Waals surface area contributed by atoms with Gasteiger partial charge in [0.25, 0.3) is 0 Å². The molecule has 0 spiro atoms. The number of aliphatic carboxylic acids is 1. The summed E-state index contributed by atoms with van der Waals surface area (Å²) in [6, 6.07) is 3.38. The predicted octanol–water partition coefficient (Wildman–Crippen LogP) is 4.80. The molecule has 1 aromatic carbocycles. The number of carboxylic acid groups (broad SMARTS) is 1. The minimum atomic E-state index is -2.68. The van der Waals surface area contributed by atoms with Crippen LogP contribution in [-0.2, 0) is 11.2 Å². The summed E-state index contributed by atoms with van der Waals surface area (Å²) in [5, 5.41) is 20.1. The normalized spacial score (nSPS) is 27.9. The molecule has 0 radical (unpaired) electrons. The number of carboxylic acids is 1. The second-order valence-corrected chi connectivity index (χ2v) is 7.43. The van der Waals surface area contributed by atoms with Crippen molar-refractivity contribution in [1.29, 1.82) is 0 Å². The minimum Gasteiger partial charge on any atom is -0.507 e. The molecule has 0 amide bonds. The highest BCUT2D eigenvalue weighted by Crippen LogP contribution is 2.53. The topological polar surface area (TPSA) is 66.8 Å². The molecule has 0 unspecified atom stereocenters. The van der Waals surface area contributed by atoms with Crippen LogP contribution in [0.5, 0.6) is 11.5 Å². The Hall–Kier alpha value is -1.97. The van der Waals surface area contributed by atoms with Crippen LogP contribution < -0.4 is 4.74 Å². The number of phenols is 1. The van der Waals surface area contributed by atoms with Crippen LogP contribution >= 0.6 is 0 Å². The van der Waals surface area contributed by atoms with Gasteiger partial charge >= 0.3 is 5.97 Å². The highest BCUT2D eigenvalue weighted by Gasteiger charge is 2.46. The van der Waals surface area contributed by atoms with E-state index in [4.69, 9.17) is 11.6 Å². The minimum absolute atomic E-state index is 0.0229. The Labute approximate surface area is 156 Å². The van der Waals surface area contributed by atoms with E-state index in [1.54, 1.807) is 18.2 Å². The van der Waals surface area contributed by atoms with Gasteiger partial charge in [0, 0.05) is 29.8 Å². The smallest absolute Gasteiger partial charge is 0.331 e. The number of benzene rings is 1. The molecular weight excluding hydrogens is 316 g/mol. The van der Waals surface area contributed by atoms with Crippen LogP contribution in [-0.4, -0.2) is 21.8 Å². The molecule has 0 saturated carbocycles. The van der Waals surface area contributed by atoms with Crippen molar-refractivity contribution in [2.24, 2.45) is 5.92 Å². The maximum atomic E-state index is 11.5. The number of hydrogen-bond acceptors (Lipinski definition) is 3. The maximum absolute atomic E-state index is 11.5. The standard InChI is InChI=1S/C21H28O4/c1-4-5-6-7-13-10-17(22)19-15-12-14(20(23)24)8-9-16(15)21(2,3)25-18(19)11-13/h10-12,15-16,22H,4-9H2,1-3H3,(H,23,24)/t15-,16-/m1/s1/i1D3,4D2. The number of rotatable bonds is 5.